The van der Waals surface area contributed by atoms with Gasteiger partial charge in [0.05, 0.1) is 12.2 Å². The summed E-state index contributed by atoms with van der Waals surface area (Å²) in [4.78, 5) is 11.8. The van der Waals surface area contributed by atoms with Gasteiger partial charge in [-0.3, -0.25) is 0 Å². The quantitative estimate of drug-likeness (QED) is 0.509. The van der Waals surface area contributed by atoms with Crippen molar-refractivity contribution in [3.63, 3.8) is 0 Å². The molecule has 0 bridgehead atoms. The number of fused-ring (bicyclic) bond motifs is 1. The zero-order valence-corrected chi connectivity index (χ0v) is 12.0. The van der Waals surface area contributed by atoms with Crippen molar-refractivity contribution in [1.82, 2.24) is 0 Å². The summed E-state index contributed by atoms with van der Waals surface area (Å²) >= 11 is 0. The van der Waals surface area contributed by atoms with Crippen molar-refractivity contribution in [2.75, 3.05) is 0 Å². The molecule has 0 aromatic heterocycles. The van der Waals surface area contributed by atoms with Crippen molar-refractivity contribution in [1.29, 1.82) is 0 Å². The summed E-state index contributed by atoms with van der Waals surface area (Å²) in [5.41, 5.74) is -0.357. The van der Waals surface area contributed by atoms with Gasteiger partial charge in [0.2, 0.25) is 5.79 Å². The monoisotopic (exact) mass is 280 g/mol. The van der Waals surface area contributed by atoms with Gasteiger partial charge in [-0.15, -0.1) is 0 Å². The van der Waals surface area contributed by atoms with Crippen molar-refractivity contribution >= 4 is 5.97 Å². The number of ether oxygens (including phenoxy) is 2. The van der Waals surface area contributed by atoms with E-state index in [0.717, 1.165) is 12.8 Å². The van der Waals surface area contributed by atoms with Crippen LogP contribution in [0.1, 0.15) is 40.0 Å². The van der Waals surface area contributed by atoms with Gasteiger partial charge in [-0.25, -0.2) is 4.79 Å². The second-order valence-electron chi connectivity index (χ2n) is 7.05. The van der Waals surface area contributed by atoms with E-state index in [2.05, 4.69) is 6.92 Å². The number of aliphatic hydroxyl groups excluding tert-OH is 1. The number of carbonyl (C=O) groups is 1. The van der Waals surface area contributed by atoms with Crippen LogP contribution < -0.4 is 0 Å². The molecule has 0 unspecified atom stereocenters. The number of esters is 1. The molecule has 1 saturated heterocycles. The maximum atomic E-state index is 11.8. The number of hydrogen-bond donors (Lipinski definition) is 2. The van der Waals surface area contributed by atoms with Crippen molar-refractivity contribution < 1.29 is 24.5 Å². The Morgan fingerprint density at radius 2 is 2.05 bits per heavy atom. The zero-order chi connectivity index (χ0) is 14.5. The Hall–Kier alpha value is -0.910. The summed E-state index contributed by atoms with van der Waals surface area (Å²) in [6, 6.07) is 0. The second kappa shape index (κ2) is 3.29. The van der Waals surface area contributed by atoms with Gasteiger partial charge in [-0.1, -0.05) is 13.8 Å². The summed E-state index contributed by atoms with van der Waals surface area (Å²) in [5.74, 6) is -1.96. The van der Waals surface area contributed by atoms with E-state index in [4.69, 9.17) is 9.47 Å². The highest BCUT2D eigenvalue weighted by Gasteiger charge is 2.79. The minimum Gasteiger partial charge on any atom is -0.426 e. The van der Waals surface area contributed by atoms with E-state index in [1.165, 1.54) is 0 Å². The van der Waals surface area contributed by atoms with Crippen molar-refractivity contribution in [2.24, 2.45) is 11.3 Å². The molecule has 4 rings (SSSR count). The van der Waals surface area contributed by atoms with Crippen LogP contribution in [0.3, 0.4) is 0 Å². The summed E-state index contributed by atoms with van der Waals surface area (Å²) in [6.07, 6.45) is 1.31. The Bertz CT molecular complexity index is 554. The molecular weight excluding hydrogens is 260 g/mol. The Kier molecular flexibility index (Phi) is 2.10. The van der Waals surface area contributed by atoms with Gasteiger partial charge in [0, 0.05) is 23.0 Å². The maximum absolute atomic E-state index is 11.8. The molecule has 0 aromatic carbocycles. The third-order valence-corrected chi connectivity index (χ3v) is 6.35. The highest BCUT2D eigenvalue weighted by atomic mass is 16.7. The van der Waals surface area contributed by atoms with Crippen LogP contribution in [0, 0.1) is 11.3 Å². The normalized spacial score (nSPS) is 56.9. The highest BCUT2D eigenvalue weighted by Crippen LogP contribution is 2.69. The molecular formula is C15H20O5. The van der Waals surface area contributed by atoms with E-state index < -0.39 is 28.9 Å². The van der Waals surface area contributed by atoms with Crippen LogP contribution in [-0.4, -0.2) is 39.8 Å². The van der Waals surface area contributed by atoms with Crippen molar-refractivity contribution in [3.05, 3.63) is 11.1 Å². The molecule has 1 spiro atoms. The van der Waals surface area contributed by atoms with Crippen LogP contribution >= 0.6 is 0 Å². The standard InChI is InChI=1S/C15H20O5/c1-7-4-5-9-14(19-9)6-15(18)10(8(2)12(17)20-15)11(16)13(7,14)3/h7,9,11,16,18H,4-6H2,1-3H3/t7-,9+,11+,13-,14+,15-/m0/s1. The molecule has 2 aliphatic carbocycles. The topological polar surface area (TPSA) is 79.3 Å². The molecule has 20 heavy (non-hydrogen) atoms. The summed E-state index contributed by atoms with van der Waals surface area (Å²) in [5, 5.41) is 21.6. The first kappa shape index (κ1) is 12.8. The first-order valence-corrected chi connectivity index (χ1v) is 7.29. The third kappa shape index (κ3) is 1.11. The van der Waals surface area contributed by atoms with E-state index >= 15 is 0 Å². The van der Waals surface area contributed by atoms with Crippen molar-refractivity contribution in [3.8, 4) is 0 Å². The molecule has 5 nitrogen and oxygen atoms in total. The van der Waals surface area contributed by atoms with E-state index in [9.17, 15) is 15.0 Å². The molecule has 6 atom stereocenters. The van der Waals surface area contributed by atoms with Gasteiger partial charge in [0.15, 0.2) is 0 Å². The van der Waals surface area contributed by atoms with Gasteiger partial charge in [0.1, 0.15) is 5.60 Å². The fourth-order valence-electron chi connectivity index (χ4n) is 4.84. The van der Waals surface area contributed by atoms with E-state index in [-0.39, 0.29) is 18.4 Å². The Labute approximate surface area is 117 Å². The first-order valence-electron chi connectivity index (χ1n) is 7.29. The molecule has 4 aliphatic rings. The second-order valence-corrected chi connectivity index (χ2v) is 7.05. The van der Waals surface area contributed by atoms with Gasteiger partial charge in [-0.05, 0) is 25.7 Å². The molecule has 5 heteroatoms. The molecule has 2 saturated carbocycles. The lowest BCUT2D eigenvalue weighted by molar-refractivity contribution is -0.221. The molecule has 3 fully saturated rings. The lowest BCUT2D eigenvalue weighted by atomic mass is 9.52. The largest absolute Gasteiger partial charge is 0.426 e. The summed E-state index contributed by atoms with van der Waals surface area (Å²) < 4.78 is 11.1. The number of epoxide rings is 1. The molecule has 2 aliphatic heterocycles. The minimum absolute atomic E-state index is 0.0588. The van der Waals surface area contributed by atoms with Crippen LogP contribution in [0.5, 0.6) is 0 Å². The van der Waals surface area contributed by atoms with Crippen LogP contribution in [0.2, 0.25) is 0 Å². The number of carbonyl (C=O) groups excluding carboxylic acids is 1. The fourth-order valence-corrected chi connectivity index (χ4v) is 4.84. The lowest BCUT2D eigenvalue weighted by Crippen LogP contribution is -2.63. The highest BCUT2D eigenvalue weighted by molar-refractivity contribution is 5.92. The SMILES string of the molecule is CC1=C2[C@@H](O)[C@]3(C)[C@@H](C)CC[C@H]4O[C@]43C[C@]2(O)OC1=O. The first-order chi connectivity index (χ1) is 9.26. The summed E-state index contributed by atoms with van der Waals surface area (Å²) in [7, 11) is 0. The van der Waals surface area contributed by atoms with E-state index in [0.29, 0.717) is 11.1 Å². The maximum Gasteiger partial charge on any atom is 0.336 e. The van der Waals surface area contributed by atoms with Crippen LogP contribution in [-0.2, 0) is 14.3 Å². The lowest BCUT2D eigenvalue weighted by Gasteiger charge is -2.53. The Morgan fingerprint density at radius 1 is 1.35 bits per heavy atom. The smallest absolute Gasteiger partial charge is 0.336 e. The Morgan fingerprint density at radius 3 is 2.75 bits per heavy atom. The van der Waals surface area contributed by atoms with Crippen LogP contribution in [0.25, 0.3) is 0 Å². The molecule has 2 heterocycles. The summed E-state index contributed by atoms with van der Waals surface area (Å²) in [6.45, 7) is 5.74. The predicted molar refractivity (Wildman–Crippen MR) is 68.5 cm³/mol. The molecule has 0 radical (unpaired) electrons. The van der Waals surface area contributed by atoms with Gasteiger partial charge in [0.25, 0.3) is 0 Å². The van der Waals surface area contributed by atoms with E-state index in [1.54, 1.807) is 6.92 Å². The molecule has 0 aromatic rings. The minimum atomic E-state index is -1.69. The number of hydrogen-bond acceptors (Lipinski definition) is 5. The van der Waals surface area contributed by atoms with Gasteiger partial charge in [-0.2, -0.15) is 0 Å². The van der Waals surface area contributed by atoms with Crippen molar-refractivity contribution in [2.45, 2.75) is 63.6 Å². The zero-order valence-electron chi connectivity index (χ0n) is 12.0. The average Bonchev–Trinajstić information content (AvgIpc) is 3.01. The van der Waals surface area contributed by atoms with Crippen LogP contribution in [0.15, 0.2) is 11.1 Å². The van der Waals surface area contributed by atoms with Gasteiger partial charge < -0.3 is 19.7 Å². The molecule has 0 amide bonds. The van der Waals surface area contributed by atoms with E-state index in [1.807, 2.05) is 6.92 Å². The fraction of sp³-hybridized carbons (Fsp3) is 0.800. The number of aliphatic hydroxyl groups is 2. The van der Waals surface area contributed by atoms with Gasteiger partial charge >= 0.3 is 5.97 Å². The van der Waals surface area contributed by atoms with Crippen LogP contribution in [0.4, 0.5) is 0 Å². The number of rotatable bonds is 0. The predicted octanol–water partition coefficient (Wildman–Crippen LogP) is 0.887. The molecule has 110 valence electrons. The Balaban J connectivity index is 1.90. The molecule has 2 N–H and O–H groups in total. The third-order valence-electron chi connectivity index (χ3n) is 6.35. The average molecular weight is 280 g/mol.